The molecule has 1 aromatic heterocycles. The molecule has 1 N–H and O–H groups in total. The molecule has 4 heteroatoms. The summed E-state index contributed by atoms with van der Waals surface area (Å²) in [5.74, 6) is 0.836. The van der Waals surface area contributed by atoms with E-state index in [9.17, 15) is 0 Å². The van der Waals surface area contributed by atoms with Crippen LogP contribution in [0.25, 0.3) is 0 Å². The molecule has 16 heavy (non-hydrogen) atoms. The van der Waals surface area contributed by atoms with Gasteiger partial charge >= 0.3 is 0 Å². The minimum atomic E-state index is 0.481. The summed E-state index contributed by atoms with van der Waals surface area (Å²) in [6.45, 7) is 3.93. The van der Waals surface area contributed by atoms with E-state index in [2.05, 4.69) is 17.2 Å². The van der Waals surface area contributed by atoms with Crippen molar-refractivity contribution >= 4 is 11.3 Å². The van der Waals surface area contributed by atoms with Crippen molar-refractivity contribution in [3.05, 3.63) is 16.1 Å². The molecule has 2 atom stereocenters. The maximum Gasteiger partial charge on any atom is 0.0897 e. The molecule has 2 aliphatic rings. The Hall–Kier alpha value is -0.450. The topological polar surface area (TPSA) is 34.2 Å². The van der Waals surface area contributed by atoms with Crippen molar-refractivity contribution in [1.82, 2.24) is 10.3 Å². The third-order valence-electron chi connectivity index (χ3n) is 3.43. The van der Waals surface area contributed by atoms with Crippen molar-refractivity contribution in [2.24, 2.45) is 5.92 Å². The zero-order valence-electron chi connectivity index (χ0n) is 9.61. The van der Waals surface area contributed by atoms with Gasteiger partial charge in [0.05, 0.1) is 11.1 Å². The summed E-state index contributed by atoms with van der Waals surface area (Å²) >= 11 is 1.78. The zero-order valence-corrected chi connectivity index (χ0v) is 10.4. The van der Waals surface area contributed by atoms with E-state index in [1.165, 1.54) is 24.1 Å². The third kappa shape index (κ3) is 2.29. The Bertz CT molecular complexity index is 362. The van der Waals surface area contributed by atoms with E-state index in [0.29, 0.717) is 12.1 Å². The molecule has 2 unspecified atom stereocenters. The maximum absolute atomic E-state index is 5.81. The van der Waals surface area contributed by atoms with Crippen LogP contribution in [-0.2, 0) is 11.3 Å². The van der Waals surface area contributed by atoms with Crippen molar-refractivity contribution in [3.63, 3.8) is 0 Å². The first-order chi connectivity index (χ1) is 7.83. The molecule has 1 aliphatic heterocycles. The van der Waals surface area contributed by atoms with Crippen LogP contribution in [0, 0.1) is 12.8 Å². The van der Waals surface area contributed by atoms with Gasteiger partial charge in [-0.15, -0.1) is 11.3 Å². The van der Waals surface area contributed by atoms with Gasteiger partial charge in [0.2, 0.25) is 0 Å². The highest BCUT2D eigenvalue weighted by Crippen LogP contribution is 2.38. The van der Waals surface area contributed by atoms with E-state index < -0.39 is 0 Å². The molecule has 1 saturated heterocycles. The number of aryl methyl sites for hydroxylation is 1. The molecule has 1 aromatic rings. The molecule has 1 aliphatic carbocycles. The fourth-order valence-electron chi connectivity index (χ4n) is 2.44. The number of rotatable bonds is 4. The lowest BCUT2D eigenvalue weighted by molar-refractivity contribution is 0.0809. The highest BCUT2D eigenvalue weighted by Gasteiger charge is 2.40. The molecule has 0 amide bonds. The zero-order chi connectivity index (χ0) is 11.0. The van der Waals surface area contributed by atoms with Gasteiger partial charge in [0.25, 0.3) is 0 Å². The van der Waals surface area contributed by atoms with Crippen molar-refractivity contribution in [3.8, 4) is 0 Å². The number of ether oxygens (including phenoxy) is 1. The van der Waals surface area contributed by atoms with Crippen molar-refractivity contribution in [2.75, 3.05) is 6.61 Å². The van der Waals surface area contributed by atoms with Gasteiger partial charge < -0.3 is 10.1 Å². The predicted octanol–water partition coefficient (Wildman–Crippen LogP) is 2.11. The van der Waals surface area contributed by atoms with Crippen LogP contribution in [0.1, 0.15) is 29.1 Å². The predicted molar refractivity (Wildman–Crippen MR) is 64.6 cm³/mol. The smallest absolute Gasteiger partial charge is 0.0897 e. The summed E-state index contributed by atoms with van der Waals surface area (Å²) in [5, 5.41) is 4.78. The number of hydrogen-bond donors (Lipinski definition) is 1. The van der Waals surface area contributed by atoms with Gasteiger partial charge in [-0.25, -0.2) is 4.98 Å². The Balaban J connectivity index is 1.54. The molecular formula is C12H18N2OS. The average molecular weight is 238 g/mol. The lowest BCUT2D eigenvalue weighted by Gasteiger charge is -2.18. The molecule has 0 spiro atoms. The second-order valence-electron chi connectivity index (χ2n) is 4.79. The molecule has 0 bridgehead atoms. The van der Waals surface area contributed by atoms with Crippen LogP contribution >= 0.6 is 11.3 Å². The first-order valence-corrected chi connectivity index (χ1v) is 6.91. The van der Waals surface area contributed by atoms with Gasteiger partial charge in [-0.05, 0) is 32.1 Å². The summed E-state index contributed by atoms with van der Waals surface area (Å²) in [5.41, 5.74) is 0. The Labute approximate surface area is 100 Å². The Morgan fingerprint density at radius 1 is 1.50 bits per heavy atom. The molecule has 0 radical (unpaired) electrons. The van der Waals surface area contributed by atoms with E-state index in [1.807, 2.05) is 6.20 Å². The molecule has 3 nitrogen and oxygen atoms in total. The molecule has 2 fully saturated rings. The highest BCUT2D eigenvalue weighted by molar-refractivity contribution is 7.11. The SMILES string of the molecule is Cc1ncc(CNC2CCOC2C2CC2)s1. The van der Waals surface area contributed by atoms with E-state index in [4.69, 9.17) is 4.74 Å². The molecule has 0 aromatic carbocycles. The highest BCUT2D eigenvalue weighted by atomic mass is 32.1. The van der Waals surface area contributed by atoms with Crippen molar-refractivity contribution in [2.45, 2.75) is 44.9 Å². The summed E-state index contributed by atoms with van der Waals surface area (Å²) in [7, 11) is 0. The summed E-state index contributed by atoms with van der Waals surface area (Å²) in [6.07, 6.45) is 6.35. The normalized spacial score (nSPS) is 29.8. The molecule has 3 rings (SSSR count). The van der Waals surface area contributed by atoms with Gasteiger partial charge in [0, 0.05) is 30.3 Å². The van der Waals surface area contributed by atoms with E-state index >= 15 is 0 Å². The van der Waals surface area contributed by atoms with E-state index in [0.717, 1.165) is 24.1 Å². The second-order valence-corrected chi connectivity index (χ2v) is 6.11. The van der Waals surface area contributed by atoms with Gasteiger partial charge in [0.15, 0.2) is 0 Å². The standard InChI is InChI=1S/C12H18N2OS/c1-8-13-6-10(16-8)7-14-11-4-5-15-12(11)9-2-3-9/h6,9,11-12,14H,2-5,7H2,1H3. The second kappa shape index (κ2) is 4.43. The van der Waals surface area contributed by atoms with Crippen molar-refractivity contribution in [1.29, 1.82) is 0 Å². The van der Waals surface area contributed by atoms with Crippen LogP contribution in [0.5, 0.6) is 0 Å². The minimum Gasteiger partial charge on any atom is -0.376 e. The first kappa shape index (κ1) is 10.7. The lowest BCUT2D eigenvalue weighted by atomic mass is 10.1. The fraction of sp³-hybridized carbons (Fsp3) is 0.750. The Morgan fingerprint density at radius 2 is 2.38 bits per heavy atom. The quantitative estimate of drug-likeness (QED) is 0.872. The summed E-state index contributed by atoms with van der Waals surface area (Å²) in [4.78, 5) is 5.61. The molecule has 1 saturated carbocycles. The van der Waals surface area contributed by atoms with E-state index in [-0.39, 0.29) is 0 Å². The maximum atomic E-state index is 5.81. The Morgan fingerprint density at radius 3 is 3.06 bits per heavy atom. The Kier molecular flexibility index (Phi) is 2.96. The number of aromatic nitrogens is 1. The van der Waals surface area contributed by atoms with Gasteiger partial charge in [-0.3, -0.25) is 0 Å². The monoisotopic (exact) mass is 238 g/mol. The average Bonchev–Trinajstić information content (AvgIpc) is 2.86. The van der Waals surface area contributed by atoms with Crippen LogP contribution in [0.3, 0.4) is 0 Å². The molecule has 2 heterocycles. The van der Waals surface area contributed by atoms with Gasteiger partial charge in [-0.2, -0.15) is 0 Å². The largest absolute Gasteiger partial charge is 0.376 e. The van der Waals surface area contributed by atoms with Crippen LogP contribution in [0.2, 0.25) is 0 Å². The van der Waals surface area contributed by atoms with Crippen LogP contribution in [-0.4, -0.2) is 23.7 Å². The van der Waals surface area contributed by atoms with Crippen LogP contribution < -0.4 is 5.32 Å². The van der Waals surface area contributed by atoms with Crippen molar-refractivity contribution < 1.29 is 4.74 Å². The van der Waals surface area contributed by atoms with Crippen LogP contribution in [0.4, 0.5) is 0 Å². The van der Waals surface area contributed by atoms with Crippen LogP contribution in [0.15, 0.2) is 6.20 Å². The lowest BCUT2D eigenvalue weighted by Crippen LogP contribution is -2.36. The number of thiazole rings is 1. The van der Waals surface area contributed by atoms with Gasteiger partial charge in [-0.1, -0.05) is 0 Å². The molecular weight excluding hydrogens is 220 g/mol. The first-order valence-electron chi connectivity index (χ1n) is 6.09. The third-order valence-corrected chi connectivity index (χ3v) is 4.34. The van der Waals surface area contributed by atoms with Gasteiger partial charge in [0.1, 0.15) is 0 Å². The molecule has 88 valence electrons. The number of nitrogens with one attached hydrogen (secondary N) is 1. The minimum absolute atomic E-state index is 0.481. The number of nitrogens with zero attached hydrogens (tertiary/aromatic N) is 1. The summed E-state index contributed by atoms with van der Waals surface area (Å²) in [6, 6.07) is 0.565. The summed E-state index contributed by atoms with van der Waals surface area (Å²) < 4.78 is 5.81. The fourth-order valence-corrected chi connectivity index (χ4v) is 3.18. The number of hydrogen-bond acceptors (Lipinski definition) is 4. The van der Waals surface area contributed by atoms with E-state index in [1.54, 1.807) is 11.3 Å².